The molecule has 1 unspecified atom stereocenters. The average Bonchev–Trinajstić information content (AvgIpc) is 2.84. The summed E-state index contributed by atoms with van der Waals surface area (Å²) in [5.74, 6) is -0.543. The molecule has 0 saturated heterocycles. The lowest BCUT2D eigenvalue weighted by Gasteiger charge is -2.29. The maximum absolute atomic E-state index is 12.9. The zero-order valence-corrected chi connectivity index (χ0v) is 18.0. The molecule has 0 radical (unpaired) electrons. The van der Waals surface area contributed by atoms with E-state index in [0.717, 1.165) is 11.1 Å². The number of nitrogens with zero attached hydrogens (tertiary/aromatic N) is 2. The van der Waals surface area contributed by atoms with Gasteiger partial charge in [0.1, 0.15) is 5.75 Å². The van der Waals surface area contributed by atoms with Crippen LogP contribution in [0, 0.1) is 11.3 Å². The molecule has 3 rings (SSSR count). The second kappa shape index (κ2) is 10.8. The number of likely N-dealkylation sites (N-methyl/N-ethyl adjacent to an activating group) is 1. The monoisotopic (exact) mass is 428 g/mol. The second-order valence-corrected chi connectivity index (χ2v) is 7.23. The lowest BCUT2D eigenvalue weighted by molar-refractivity contribution is -0.157. The Balaban J connectivity index is 1.63. The lowest BCUT2D eigenvalue weighted by Crippen LogP contribution is -2.37. The van der Waals surface area contributed by atoms with Gasteiger partial charge in [-0.3, -0.25) is 4.79 Å². The first-order valence-electron chi connectivity index (χ1n) is 10.2. The molecule has 0 aliphatic heterocycles. The molecule has 6 heteroatoms. The fourth-order valence-electron chi connectivity index (χ4n) is 3.27. The highest BCUT2D eigenvalue weighted by molar-refractivity contribution is 5.82. The van der Waals surface area contributed by atoms with Crippen molar-refractivity contribution in [1.82, 2.24) is 4.90 Å². The summed E-state index contributed by atoms with van der Waals surface area (Å²) in [5, 5.41) is 8.85. The molecule has 0 spiro atoms. The third-order valence-corrected chi connectivity index (χ3v) is 4.98. The molecule has 0 aromatic heterocycles. The van der Waals surface area contributed by atoms with Gasteiger partial charge in [-0.05, 0) is 42.3 Å². The number of benzene rings is 3. The predicted octanol–water partition coefficient (Wildman–Crippen LogP) is 4.12. The average molecular weight is 428 g/mol. The Hall–Kier alpha value is -4.11. The van der Waals surface area contributed by atoms with Crippen LogP contribution in [-0.4, -0.2) is 36.5 Å². The summed E-state index contributed by atoms with van der Waals surface area (Å²) in [7, 11) is 1.69. The van der Waals surface area contributed by atoms with Crippen LogP contribution in [0.5, 0.6) is 5.75 Å². The van der Waals surface area contributed by atoms with Gasteiger partial charge in [-0.2, -0.15) is 5.26 Å². The number of hydrogen-bond donors (Lipinski definition) is 0. The smallest absolute Gasteiger partial charge is 0.347 e. The molecule has 6 nitrogen and oxygen atoms in total. The van der Waals surface area contributed by atoms with Gasteiger partial charge in [-0.1, -0.05) is 60.7 Å². The molecule has 3 aromatic carbocycles. The zero-order chi connectivity index (χ0) is 22.9. The third kappa shape index (κ3) is 5.73. The van der Waals surface area contributed by atoms with Gasteiger partial charge < -0.3 is 14.4 Å². The first-order valence-corrected chi connectivity index (χ1v) is 10.2. The minimum atomic E-state index is -0.903. The largest absolute Gasteiger partial charge is 0.479 e. The maximum Gasteiger partial charge on any atom is 0.347 e. The van der Waals surface area contributed by atoms with Crippen molar-refractivity contribution >= 4 is 11.9 Å². The van der Waals surface area contributed by atoms with Crippen LogP contribution in [0.3, 0.4) is 0 Å². The summed E-state index contributed by atoms with van der Waals surface area (Å²) < 4.78 is 10.8. The van der Waals surface area contributed by atoms with E-state index in [9.17, 15) is 9.59 Å². The minimum Gasteiger partial charge on any atom is -0.479 e. The van der Waals surface area contributed by atoms with Crippen molar-refractivity contribution in [3.63, 3.8) is 0 Å². The van der Waals surface area contributed by atoms with Crippen LogP contribution >= 0.6 is 0 Å². The van der Waals surface area contributed by atoms with Gasteiger partial charge in [-0.15, -0.1) is 0 Å². The Morgan fingerprint density at radius 2 is 1.44 bits per heavy atom. The summed E-state index contributed by atoms with van der Waals surface area (Å²) in [4.78, 5) is 26.8. The molecule has 1 amide bonds. The van der Waals surface area contributed by atoms with Gasteiger partial charge in [0.2, 0.25) is 0 Å². The lowest BCUT2D eigenvalue weighted by atomic mass is 9.97. The molecule has 0 aliphatic rings. The standard InChI is InChI=1S/C26H24N2O4/c1-19(32-23-15-13-20(17-27)14-16-23)26(30)31-18-24(29)28(2)25(21-9-5-3-6-10-21)22-11-7-4-8-12-22/h3-16,19,25H,18H2,1-2H3. The topological polar surface area (TPSA) is 79.6 Å². The van der Waals surface area contributed by atoms with E-state index in [1.165, 1.54) is 0 Å². The number of ether oxygens (including phenoxy) is 2. The van der Waals surface area contributed by atoms with Crippen LogP contribution in [0.1, 0.15) is 29.7 Å². The first-order chi connectivity index (χ1) is 15.5. The first kappa shape index (κ1) is 22.6. The fraction of sp³-hybridized carbons (Fsp3) is 0.192. The second-order valence-electron chi connectivity index (χ2n) is 7.23. The van der Waals surface area contributed by atoms with Crippen LogP contribution in [-0.2, 0) is 14.3 Å². The maximum atomic E-state index is 12.9. The Kier molecular flexibility index (Phi) is 7.60. The molecule has 0 bridgehead atoms. The number of nitriles is 1. The van der Waals surface area contributed by atoms with Crippen molar-refractivity contribution in [2.24, 2.45) is 0 Å². The molecular formula is C26H24N2O4. The highest BCUT2D eigenvalue weighted by Crippen LogP contribution is 2.27. The van der Waals surface area contributed by atoms with Crippen LogP contribution in [0.25, 0.3) is 0 Å². The molecule has 0 N–H and O–H groups in total. The van der Waals surface area contributed by atoms with E-state index in [0.29, 0.717) is 11.3 Å². The number of carbonyl (C=O) groups excluding carboxylic acids is 2. The molecule has 1 atom stereocenters. The van der Waals surface area contributed by atoms with Gasteiger partial charge in [0, 0.05) is 7.05 Å². The highest BCUT2D eigenvalue weighted by Gasteiger charge is 2.25. The number of carbonyl (C=O) groups is 2. The highest BCUT2D eigenvalue weighted by atomic mass is 16.6. The van der Waals surface area contributed by atoms with Gasteiger partial charge in [-0.25, -0.2) is 4.79 Å². The quantitative estimate of drug-likeness (QED) is 0.505. The number of rotatable bonds is 8. The van der Waals surface area contributed by atoms with E-state index in [4.69, 9.17) is 14.7 Å². The Morgan fingerprint density at radius 3 is 1.94 bits per heavy atom. The molecule has 32 heavy (non-hydrogen) atoms. The van der Waals surface area contributed by atoms with Crippen LogP contribution in [0.2, 0.25) is 0 Å². The molecule has 0 saturated carbocycles. The van der Waals surface area contributed by atoms with Crippen molar-refractivity contribution in [1.29, 1.82) is 5.26 Å². The molecule has 0 fully saturated rings. The molecule has 0 heterocycles. The van der Waals surface area contributed by atoms with Crippen LogP contribution in [0.15, 0.2) is 84.9 Å². The SMILES string of the molecule is CC(Oc1ccc(C#N)cc1)C(=O)OCC(=O)N(C)C(c1ccccc1)c1ccccc1. The number of amides is 1. The van der Waals surface area contributed by atoms with Crippen molar-refractivity contribution < 1.29 is 19.1 Å². The van der Waals surface area contributed by atoms with Gasteiger partial charge in [0.15, 0.2) is 12.7 Å². The van der Waals surface area contributed by atoms with E-state index in [1.807, 2.05) is 66.7 Å². The van der Waals surface area contributed by atoms with Crippen molar-refractivity contribution in [2.75, 3.05) is 13.7 Å². The van der Waals surface area contributed by atoms with E-state index in [-0.39, 0.29) is 11.9 Å². The van der Waals surface area contributed by atoms with Crippen molar-refractivity contribution in [3.8, 4) is 11.8 Å². The molecular weight excluding hydrogens is 404 g/mol. The minimum absolute atomic E-state index is 0.309. The van der Waals surface area contributed by atoms with E-state index in [1.54, 1.807) is 43.1 Å². The van der Waals surface area contributed by atoms with Crippen LogP contribution < -0.4 is 4.74 Å². The summed E-state index contributed by atoms with van der Waals surface area (Å²) in [6, 6.07) is 27.5. The fourth-order valence-corrected chi connectivity index (χ4v) is 3.27. The van der Waals surface area contributed by atoms with Crippen molar-refractivity contribution in [3.05, 3.63) is 102 Å². The summed E-state index contributed by atoms with van der Waals surface area (Å²) in [6.45, 7) is 1.15. The summed E-state index contributed by atoms with van der Waals surface area (Å²) >= 11 is 0. The van der Waals surface area contributed by atoms with Gasteiger partial charge in [0.25, 0.3) is 5.91 Å². The zero-order valence-electron chi connectivity index (χ0n) is 18.0. The van der Waals surface area contributed by atoms with E-state index < -0.39 is 18.7 Å². The van der Waals surface area contributed by atoms with E-state index >= 15 is 0 Å². The van der Waals surface area contributed by atoms with E-state index in [2.05, 4.69) is 0 Å². The third-order valence-electron chi connectivity index (χ3n) is 4.98. The number of hydrogen-bond acceptors (Lipinski definition) is 5. The van der Waals surface area contributed by atoms with Gasteiger partial charge in [0.05, 0.1) is 17.7 Å². The Labute approximate surface area is 187 Å². The van der Waals surface area contributed by atoms with Crippen LogP contribution in [0.4, 0.5) is 0 Å². The molecule has 0 aliphatic carbocycles. The normalized spacial score (nSPS) is 11.3. The summed E-state index contributed by atoms with van der Waals surface area (Å²) in [5.41, 5.74) is 2.41. The van der Waals surface area contributed by atoms with Crippen molar-refractivity contribution in [2.45, 2.75) is 19.1 Å². The Morgan fingerprint density at radius 1 is 0.906 bits per heavy atom. The number of esters is 1. The molecule has 162 valence electrons. The molecule has 3 aromatic rings. The Bertz CT molecular complexity index is 1040. The predicted molar refractivity (Wildman–Crippen MR) is 120 cm³/mol. The van der Waals surface area contributed by atoms with Gasteiger partial charge >= 0.3 is 5.97 Å². The summed E-state index contributed by atoms with van der Waals surface area (Å²) in [6.07, 6.45) is -0.903.